The summed E-state index contributed by atoms with van der Waals surface area (Å²) in [5.74, 6) is -1.73. The van der Waals surface area contributed by atoms with Gasteiger partial charge in [-0.15, -0.1) is 9.13 Å². The molecule has 0 spiro atoms. The van der Waals surface area contributed by atoms with Gasteiger partial charge >= 0.3 is 41.8 Å². The fourth-order valence-electron chi connectivity index (χ4n) is 7.23. The predicted octanol–water partition coefficient (Wildman–Crippen LogP) is 2.54. The van der Waals surface area contributed by atoms with Crippen molar-refractivity contribution in [2.24, 2.45) is 0 Å². The maximum absolute atomic E-state index is 13.9. The molecule has 0 unspecified atom stereocenters. The Labute approximate surface area is 342 Å². The van der Waals surface area contributed by atoms with Crippen LogP contribution in [0, 0.1) is 0 Å². The van der Waals surface area contributed by atoms with Gasteiger partial charge in [0.15, 0.2) is 26.2 Å². The summed E-state index contributed by atoms with van der Waals surface area (Å²) in [6, 6.07) is 0. The van der Waals surface area contributed by atoms with Gasteiger partial charge < -0.3 is 28.7 Å². The van der Waals surface area contributed by atoms with Gasteiger partial charge in [-0.1, -0.05) is 0 Å². The Bertz CT molecular complexity index is 1730. The van der Waals surface area contributed by atoms with E-state index in [1.54, 1.807) is 83.1 Å². The minimum absolute atomic E-state index is 0.136. The van der Waals surface area contributed by atoms with Crippen molar-refractivity contribution in [3.63, 3.8) is 0 Å². The average molecular weight is 817 g/mol. The monoisotopic (exact) mass is 816 g/mol. The molecule has 0 saturated heterocycles. The lowest BCUT2D eigenvalue weighted by atomic mass is 10.0. The highest BCUT2D eigenvalue weighted by Crippen LogP contribution is 2.48. The molecule has 0 aliphatic carbocycles. The van der Waals surface area contributed by atoms with Crippen LogP contribution in [-0.2, 0) is 73.9 Å². The van der Waals surface area contributed by atoms with E-state index in [9.17, 15) is 28.8 Å². The summed E-state index contributed by atoms with van der Waals surface area (Å²) in [5.41, 5.74) is -3.46. The first-order valence-corrected chi connectivity index (χ1v) is 19.8. The highest BCUT2D eigenvalue weighted by atomic mass is 16.6. The number of fused-ring (bicyclic) bond motifs is 5. The van der Waals surface area contributed by atoms with Gasteiger partial charge in [0, 0.05) is 0 Å². The molecule has 17 nitrogen and oxygen atoms in total. The van der Waals surface area contributed by atoms with Crippen molar-refractivity contribution in [1.82, 2.24) is 18.9 Å². The van der Waals surface area contributed by atoms with E-state index in [0.29, 0.717) is 17.6 Å². The molecule has 0 radical (unpaired) electrons. The van der Waals surface area contributed by atoms with Crippen LogP contribution in [-0.4, -0.2) is 113 Å². The van der Waals surface area contributed by atoms with Crippen molar-refractivity contribution in [3.05, 3.63) is 36.4 Å². The zero-order chi connectivity index (χ0) is 44.0. The van der Waals surface area contributed by atoms with Gasteiger partial charge in [-0.3, -0.25) is 28.8 Å². The molecule has 0 saturated carbocycles. The zero-order valence-corrected chi connectivity index (χ0v) is 37.3. The Morgan fingerprint density at radius 3 is 1.07 bits per heavy atom. The number of aromatic nitrogens is 4. The summed E-state index contributed by atoms with van der Waals surface area (Å²) in [7, 11) is 0. The summed E-state index contributed by atoms with van der Waals surface area (Å²) in [6.45, 7) is 26.3. The van der Waals surface area contributed by atoms with Gasteiger partial charge in [-0.25, -0.2) is 13.6 Å². The van der Waals surface area contributed by atoms with E-state index in [4.69, 9.17) is 18.9 Å². The van der Waals surface area contributed by atoms with Crippen LogP contribution in [0.3, 0.4) is 0 Å². The standard InChI is InChI=1S/C41H66N7O10/c1-37(2,3)48-26-28-42(20-30(49)44(22-32(51)55-38(4,5)6)23-33(52)56-39(7,8)9)16-18-46(28)36(48)47-19-17-43(29(47)27-48)21-31(50)45(24-34(53)57-40(10,11)12)25-35(54)58-41(13,14)15/h16-19,36H,20-27H2,1-15H3/q+3. The lowest BCUT2D eigenvalue weighted by Crippen LogP contribution is -2.58. The number of hydrogen-bond acceptors (Lipinski definition) is 10. The number of imidazole rings is 2. The maximum atomic E-state index is 13.9. The molecule has 2 aliphatic heterocycles. The third-order valence-electron chi connectivity index (χ3n) is 9.47. The Kier molecular flexibility index (Phi) is 12.7. The van der Waals surface area contributed by atoms with Crippen LogP contribution < -0.4 is 9.13 Å². The van der Waals surface area contributed by atoms with E-state index in [2.05, 4.69) is 29.9 Å². The van der Waals surface area contributed by atoms with Gasteiger partial charge in [0.05, 0.1) is 5.54 Å². The van der Waals surface area contributed by atoms with E-state index >= 15 is 0 Å². The molecule has 0 fully saturated rings. The molecular formula is C41H66N7O10+3. The number of nitrogens with zero attached hydrogens (tertiary/aromatic N) is 7. The second-order valence-corrected chi connectivity index (χ2v) is 20.2. The number of ether oxygens (including phenoxy) is 4. The van der Waals surface area contributed by atoms with E-state index in [0.717, 1.165) is 11.6 Å². The second-order valence-electron chi connectivity index (χ2n) is 20.2. The number of esters is 4. The van der Waals surface area contributed by atoms with Crippen LogP contribution in [0.15, 0.2) is 24.8 Å². The van der Waals surface area contributed by atoms with E-state index in [1.807, 2.05) is 33.9 Å². The molecule has 17 heteroatoms. The number of carbonyl (C=O) groups excluding carboxylic acids is 6. The summed E-state index contributed by atoms with van der Waals surface area (Å²) in [6.07, 6.45) is 7.19. The van der Waals surface area contributed by atoms with Gasteiger partial charge in [0.2, 0.25) is 0 Å². The van der Waals surface area contributed by atoms with Crippen molar-refractivity contribution >= 4 is 35.7 Å². The largest absolute Gasteiger partial charge is 0.459 e. The average Bonchev–Trinajstić information content (AvgIpc) is 3.71. The van der Waals surface area contributed by atoms with E-state index in [1.165, 1.54) is 9.80 Å². The summed E-state index contributed by atoms with van der Waals surface area (Å²) < 4.78 is 30.4. The Balaban J connectivity index is 1.62. The number of amides is 2. The molecule has 0 N–H and O–H groups in total. The first-order chi connectivity index (χ1) is 26.3. The van der Waals surface area contributed by atoms with Crippen LogP contribution in [0.1, 0.15) is 122 Å². The fourth-order valence-corrected chi connectivity index (χ4v) is 7.23. The molecule has 2 aliphatic rings. The van der Waals surface area contributed by atoms with Crippen molar-refractivity contribution in [1.29, 1.82) is 0 Å². The number of rotatable bonds is 12. The number of hydrogen-bond donors (Lipinski definition) is 0. The van der Waals surface area contributed by atoms with Gasteiger partial charge in [0.1, 0.15) is 73.4 Å². The first-order valence-electron chi connectivity index (χ1n) is 19.8. The summed E-state index contributed by atoms with van der Waals surface area (Å²) in [4.78, 5) is 81.7. The van der Waals surface area contributed by atoms with Crippen molar-refractivity contribution in [2.45, 2.75) is 164 Å². The van der Waals surface area contributed by atoms with Gasteiger partial charge in [-0.2, -0.15) is 0 Å². The third-order valence-corrected chi connectivity index (χ3v) is 9.47. The molecule has 2 amide bonds. The minimum Gasteiger partial charge on any atom is -0.459 e. The highest BCUT2D eigenvalue weighted by Gasteiger charge is 2.67. The normalized spacial score (nSPS) is 17.8. The molecule has 2 aromatic rings. The van der Waals surface area contributed by atoms with E-state index < -0.39 is 84.3 Å². The molecule has 0 atom stereocenters. The smallest absolute Gasteiger partial charge is 0.381 e. The molecule has 4 rings (SSSR count). The molecule has 58 heavy (non-hydrogen) atoms. The lowest BCUT2D eigenvalue weighted by molar-refractivity contribution is -1.02. The van der Waals surface area contributed by atoms with Crippen LogP contribution >= 0.6 is 0 Å². The molecule has 322 valence electrons. The van der Waals surface area contributed by atoms with Crippen molar-refractivity contribution < 1.29 is 61.3 Å². The number of quaternary nitrogens is 1. The van der Waals surface area contributed by atoms with Gasteiger partial charge in [-0.05, 0) is 104 Å². The summed E-state index contributed by atoms with van der Waals surface area (Å²) >= 11 is 0. The van der Waals surface area contributed by atoms with E-state index in [-0.39, 0.29) is 24.9 Å². The third kappa shape index (κ3) is 11.4. The molecule has 2 aromatic heterocycles. The Morgan fingerprint density at radius 1 is 0.552 bits per heavy atom. The van der Waals surface area contributed by atoms with Crippen molar-refractivity contribution in [2.75, 3.05) is 26.2 Å². The van der Waals surface area contributed by atoms with Crippen molar-refractivity contribution in [3.8, 4) is 0 Å². The minimum atomic E-state index is -0.783. The Hall–Kier alpha value is -4.80. The lowest BCUT2D eigenvalue weighted by Gasteiger charge is -2.40. The topological polar surface area (TPSA) is 163 Å². The predicted molar refractivity (Wildman–Crippen MR) is 208 cm³/mol. The maximum Gasteiger partial charge on any atom is 0.381 e. The second kappa shape index (κ2) is 16.1. The van der Waals surface area contributed by atoms with Crippen LogP contribution in [0.5, 0.6) is 0 Å². The van der Waals surface area contributed by atoms with Crippen LogP contribution in [0.2, 0.25) is 0 Å². The SMILES string of the molecule is CC(C)(C)OC(=O)CN(CC(=O)OC(C)(C)C)C(=O)C[n+]1ccn2c1C[N+]1(C(C)(C)C)Cc3n(cc[n+]3CC(=O)N(CC(=O)OC(C)(C)C)CC(=O)OC(C)(C)C)C21. The van der Waals surface area contributed by atoms with Crippen LogP contribution in [0.25, 0.3) is 0 Å². The zero-order valence-electron chi connectivity index (χ0n) is 37.3. The van der Waals surface area contributed by atoms with Gasteiger partial charge in [0.25, 0.3) is 11.8 Å². The quantitative estimate of drug-likeness (QED) is 0.135. The fraction of sp³-hybridized carbons (Fsp3) is 0.707. The summed E-state index contributed by atoms with van der Waals surface area (Å²) in [5, 5.41) is 0. The van der Waals surface area contributed by atoms with Crippen LogP contribution in [0.4, 0.5) is 0 Å². The first kappa shape index (κ1) is 45.9. The highest BCUT2D eigenvalue weighted by molar-refractivity contribution is 5.86. The molecule has 0 bridgehead atoms. The molecule has 4 heterocycles. The number of carbonyl (C=O) groups is 6. The Morgan fingerprint density at radius 2 is 0.828 bits per heavy atom. The molecule has 0 aromatic carbocycles. The molecular weight excluding hydrogens is 750 g/mol.